The minimum atomic E-state index is -0.259. The molecule has 0 bridgehead atoms. The highest BCUT2D eigenvalue weighted by Gasteiger charge is 2.16. The molecule has 0 radical (unpaired) electrons. The number of amides is 1. The van der Waals surface area contributed by atoms with Crippen molar-refractivity contribution in [1.29, 1.82) is 0 Å². The first-order valence-corrected chi connectivity index (χ1v) is 8.39. The fraction of sp³-hybridized carbons (Fsp3) is 0.111. The summed E-state index contributed by atoms with van der Waals surface area (Å²) in [5.74, 6) is 1.08. The van der Waals surface area contributed by atoms with Gasteiger partial charge >= 0.3 is 0 Å². The minimum Gasteiger partial charge on any atom is -0.454 e. The molecule has 2 heterocycles. The van der Waals surface area contributed by atoms with E-state index in [1.807, 2.05) is 41.9 Å². The molecule has 3 aromatic rings. The standard InChI is InChI=1S/C18H14BrN3O3/c1-22-9-13(12-4-2-3-5-15(12)22)18(23)21-20-8-11-6-16-17(7-14(11)19)25-10-24-16/h2-9H,10H2,1H3,(H,21,23)/b20-8+. The predicted octanol–water partition coefficient (Wildman–Crippen LogP) is 3.43. The first-order chi connectivity index (χ1) is 12.1. The fourth-order valence-electron chi connectivity index (χ4n) is 2.78. The second-order valence-electron chi connectivity index (χ2n) is 5.60. The number of halogens is 1. The largest absolute Gasteiger partial charge is 0.454 e. The summed E-state index contributed by atoms with van der Waals surface area (Å²) in [5, 5.41) is 4.95. The molecular formula is C18H14BrN3O3. The summed E-state index contributed by atoms with van der Waals surface area (Å²) in [5.41, 5.74) is 4.93. The Morgan fingerprint density at radius 3 is 2.88 bits per heavy atom. The molecule has 0 spiro atoms. The van der Waals surface area contributed by atoms with Crippen LogP contribution in [0.5, 0.6) is 11.5 Å². The van der Waals surface area contributed by atoms with Gasteiger partial charge in [0, 0.05) is 34.2 Å². The van der Waals surface area contributed by atoms with Crippen LogP contribution in [0.15, 0.2) is 52.2 Å². The van der Waals surface area contributed by atoms with Gasteiger partial charge in [-0.3, -0.25) is 4.79 Å². The zero-order valence-electron chi connectivity index (χ0n) is 13.3. The van der Waals surface area contributed by atoms with Gasteiger partial charge in [0.1, 0.15) is 0 Å². The second-order valence-corrected chi connectivity index (χ2v) is 6.45. The molecule has 0 aliphatic carbocycles. The van der Waals surface area contributed by atoms with Gasteiger partial charge in [-0.25, -0.2) is 5.43 Å². The summed E-state index contributed by atoms with van der Waals surface area (Å²) in [6, 6.07) is 11.4. The Morgan fingerprint density at radius 2 is 2.04 bits per heavy atom. The summed E-state index contributed by atoms with van der Waals surface area (Å²) in [6.07, 6.45) is 3.36. The minimum absolute atomic E-state index is 0.209. The van der Waals surface area contributed by atoms with Crippen molar-refractivity contribution in [3.8, 4) is 11.5 Å². The SMILES string of the molecule is Cn1cc(C(=O)N/N=C/c2cc3c(cc2Br)OCO3)c2ccccc21. The van der Waals surface area contributed by atoms with Crippen molar-refractivity contribution in [2.75, 3.05) is 6.79 Å². The van der Waals surface area contributed by atoms with E-state index in [0.29, 0.717) is 17.1 Å². The number of ether oxygens (including phenoxy) is 2. The third-order valence-corrected chi connectivity index (χ3v) is 4.69. The molecule has 0 atom stereocenters. The van der Waals surface area contributed by atoms with E-state index in [1.54, 1.807) is 18.5 Å². The van der Waals surface area contributed by atoms with Crippen molar-refractivity contribution in [3.05, 3.63) is 58.2 Å². The van der Waals surface area contributed by atoms with Crippen LogP contribution in [0.2, 0.25) is 0 Å². The number of rotatable bonds is 3. The van der Waals surface area contributed by atoms with Gasteiger partial charge in [0.15, 0.2) is 11.5 Å². The van der Waals surface area contributed by atoms with E-state index in [-0.39, 0.29) is 12.7 Å². The van der Waals surface area contributed by atoms with Crippen LogP contribution in [-0.4, -0.2) is 23.5 Å². The molecule has 1 aliphatic rings. The molecule has 1 aliphatic heterocycles. The van der Waals surface area contributed by atoms with E-state index in [9.17, 15) is 4.79 Å². The molecule has 7 heteroatoms. The fourth-order valence-corrected chi connectivity index (χ4v) is 3.20. The van der Waals surface area contributed by atoms with Crippen LogP contribution in [0.3, 0.4) is 0 Å². The van der Waals surface area contributed by atoms with E-state index in [4.69, 9.17) is 9.47 Å². The molecule has 25 heavy (non-hydrogen) atoms. The number of fused-ring (bicyclic) bond motifs is 2. The van der Waals surface area contributed by atoms with Crippen LogP contribution in [0.1, 0.15) is 15.9 Å². The third kappa shape index (κ3) is 2.87. The van der Waals surface area contributed by atoms with Crippen molar-refractivity contribution >= 4 is 39.0 Å². The average molecular weight is 400 g/mol. The number of benzene rings is 2. The van der Waals surface area contributed by atoms with Crippen molar-refractivity contribution in [1.82, 2.24) is 9.99 Å². The van der Waals surface area contributed by atoms with Gasteiger partial charge in [-0.15, -0.1) is 0 Å². The maximum Gasteiger partial charge on any atom is 0.273 e. The number of carbonyl (C=O) groups excluding carboxylic acids is 1. The van der Waals surface area contributed by atoms with Crippen LogP contribution in [0.4, 0.5) is 0 Å². The second kappa shape index (κ2) is 6.25. The number of nitrogens with zero attached hydrogens (tertiary/aromatic N) is 2. The molecule has 0 saturated heterocycles. The number of hydrogen-bond donors (Lipinski definition) is 1. The Labute approximate surface area is 152 Å². The highest BCUT2D eigenvalue weighted by atomic mass is 79.9. The number of aromatic nitrogens is 1. The molecule has 4 rings (SSSR count). The van der Waals surface area contributed by atoms with Gasteiger partial charge in [0.2, 0.25) is 6.79 Å². The average Bonchev–Trinajstić information content (AvgIpc) is 3.19. The van der Waals surface area contributed by atoms with Crippen molar-refractivity contribution < 1.29 is 14.3 Å². The summed E-state index contributed by atoms with van der Waals surface area (Å²) >= 11 is 3.46. The Bertz CT molecular complexity index is 1010. The molecule has 0 fully saturated rings. The Balaban J connectivity index is 1.55. The lowest BCUT2D eigenvalue weighted by Gasteiger charge is -2.02. The van der Waals surface area contributed by atoms with E-state index in [0.717, 1.165) is 20.9 Å². The van der Waals surface area contributed by atoms with Gasteiger partial charge in [-0.2, -0.15) is 5.10 Å². The molecule has 2 aromatic carbocycles. The summed E-state index contributed by atoms with van der Waals surface area (Å²) < 4.78 is 13.4. The van der Waals surface area contributed by atoms with Gasteiger partial charge in [-0.1, -0.05) is 18.2 Å². The zero-order chi connectivity index (χ0) is 17.4. The Kier molecular flexibility index (Phi) is 3.93. The zero-order valence-corrected chi connectivity index (χ0v) is 14.9. The molecule has 1 aromatic heterocycles. The molecule has 0 saturated carbocycles. The van der Waals surface area contributed by atoms with Crippen LogP contribution >= 0.6 is 15.9 Å². The third-order valence-electron chi connectivity index (χ3n) is 4.00. The first-order valence-electron chi connectivity index (χ1n) is 7.60. The monoisotopic (exact) mass is 399 g/mol. The van der Waals surface area contributed by atoms with Crippen LogP contribution in [0.25, 0.3) is 10.9 Å². The number of para-hydroxylation sites is 1. The smallest absolute Gasteiger partial charge is 0.273 e. The van der Waals surface area contributed by atoms with Gasteiger partial charge in [0.25, 0.3) is 5.91 Å². The van der Waals surface area contributed by atoms with Gasteiger partial charge in [-0.05, 0) is 34.1 Å². The maximum absolute atomic E-state index is 12.4. The quantitative estimate of drug-likeness (QED) is 0.541. The van der Waals surface area contributed by atoms with E-state index < -0.39 is 0 Å². The lowest BCUT2D eigenvalue weighted by Crippen LogP contribution is -2.17. The molecule has 6 nitrogen and oxygen atoms in total. The topological polar surface area (TPSA) is 64.9 Å². The number of nitrogens with one attached hydrogen (secondary N) is 1. The highest BCUT2D eigenvalue weighted by Crippen LogP contribution is 2.36. The van der Waals surface area contributed by atoms with E-state index in [2.05, 4.69) is 26.5 Å². The summed E-state index contributed by atoms with van der Waals surface area (Å²) in [6.45, 7) is 0.209. The van der Waals surface area contributed by atoms with Crippen molar-refractivity contribution in [2.24, 2.45) is 12.1 Å². The Morgan fingerprint density at radius 1 is 1.28 bits per heavy atom. The van der Waals surface area contributed by atoms with Gasteiger partial charge < -0.3 is 14.0 Å². The lowest BCUT2D eigenvalue weighted by molar-refractivity contribution is 0.0956. The maximum atomic E-state index is 12.4. The van der Waals surface area contributed by atoms with Gasteiger partial charge in [0.05, 0.1) is 11.8 Å². The number of aryl methyl sites for hydroxylation is 1. The molecule has 1 N–H and O–H groups in total. The Hall–Kier alpha value is -2.80. The molecule has 0 unspecified atom stereocenters. The number of hydrazone groups is 1. The number of carbonyl (C=O) groups is 1. The van der Waals surface area contributed by atoms with Crippen LogP contribution in [0, 0.1) is 0 Å². The first kappa shape index (κ1) is 15.7. The summed E-state index contributed by atoms with van der Waals surface area (Å²) in [4.78, 5) is 12.4. The lowest BCUT2D eigenvalue weighted by atomic mass is 10.2. The summed E-state index contributed by atoms with van der Waals surface area (Å²) in [7, 11) is 1.91. The molecular weight excluding hydrogens is 386 g/mol. The molecule has 126 valence electrons. The highest BCUT2D eigenvalue weighted by molar-refractivity contribution is 9.10. The predicted molar refractivity (Wildman–Crippen MR) is 98.2 cm³/mol. The van der Waals surface area contributed by atoms with Crippen molar-refractivity contribution in [3.63, 3.8) is 0 Å². The van der Waals surface area contributed by atoms with Crippen molar-refractivity contribution in [2.45, 2.75) is 0 Å². The number of hydrogen-bond acceptors (Lipinski definition) is 4. The normalized spacial score (nSPS) is 12.9. The molecule has 1 amide bonds. The van der Waals surface area contributed by atoms with E-state index >= 15 is 0 Å². The van der Waals surface area contributed by atoms with Crippen LogP contribution in [-0.2, 0) is 7.05 Å². The van der Waals surface area contributed by atoms with E-state index in [1.165, 1.54) is 0 Å². The van der Waals surface area contributed by atoms with Crippen LogP contribution < -0.4 is 14.9 Å².